The number of benzene rings is 1. The minimum atomic E-state index is -0.166. The summed E-state index contributed by atoms with van der Waals surface area (Å²) in [5.74, 6) is 0. The van der Waals surface area contributed by atoms with E-state index in [0.29, 0.717) is 28.8 Å². The van der Waals surface area contributed by atoms with Gasteiger partial charge in [-0.15, -0.1) is 0 Å². The Morgan fingerprint density at radius 2 is 1.74 bits per heavy atom. The molecular formula is C13H16Cl2N2O2. The third-order valence-electron chi connectivity index (χ3n) is 2.82. The second-order valence-electron chi connectivity index (χ2n) is 4.75. The number of anilines is 1. The molecule has 0 aromatic heterocycles. The van der Waals surface area contributed by atoms with Crippen LogP contribution in [0.3, 0.4) is 0 Å². The van der Waals surface area contributed by atoms with Gasteiger partial charge in [-0.05, 0) is 32.0 Å². The largest absolute Gasteiger partial charge is 0.372 e. The average Bonchev–Trinajstić information content (AvgIpc) is 2.25. The number of amides is 2. The van der Waals surface area contributed by atoms with Gasteiger partial charge in [0.25, 0.3) is 0 Å². The molecule has 2 atom stereocenters. The Bertz CT molecular complexity index is 451. The molecule has 104 valence electrons. The number of carbonyl (C=O) groups excluding carboxylic acids is 1. The molecular weight excluding hydrogens is 287 g/mol. The molecule has 19 heavy (non-hydrogen) atoms. The zero-order valence-electron chi connectivity index (χ0n) is 10.8. The summed E-state index contributed by atoms with van der Waals surface area (Å²) in [7, 11) is 0. The number of nitrogens with one attached hydrogen (secondary N) is 1. The van der Waals surface area contributed by atoms with Crippen LogP contribution in [0.5, 0.6) is 0 Å². The van der Waals surface area contributed by atoms with Gasteiger partial charge in [-0.3, -0.25) is 0 Å². The first kappa shape index (κ1) is 14.4. The average molecular weight is 303 g/mol. The van der Waals surface area contributed by atoms with E-state index in [9.17, 15) is 4.79 Å². The summed E-state index contributed by atoms with van der Waals surface area (Å²) in [6, 6.07) is 4.79. The van der Waals surface area contributed by atoms with Gasteiger partial charge in [-0.25, -0.2) is 4.79 Å². The van der Waals surface area contributed by atoms with E-state index in [-0.39, 0.29) is 18.2 Å². The van der Waals surface area contributed by atoms with Crippen molar-refractivity contribution in [3.05, 3.63) is 28.2 Å². The Kier molecular flexibility index (Phi) is 4.55. The zero-order chi connectivity index (χ0) is 14.0. The summed E-state index contributed by atoms with van der Waals surface area (Å²) < 4.78 is 5.59. The SMILES string of the molecule is C[C@H]1CN(C(=O)Nc2cc(Cl)cc(Cl)c2)C[C@H](C)O1. The van der Waals surface area contributed by atoms with Crippen LogP contribution >= 0.6 is 23.2 Å². The highest BCUT2D eigenvalue weighted by molar-refractivity contribution is 6.35. The molecule has 4 nitrogen and oxygen atoms in total. The summed E-state index contributed by atoms with van der Waals surface area (Å²) in [5.41, 5.74) is 0.592. The lowest BCUT2D eigenvalue weighted by Gasteiger charge is -2.35. The Labute approximate surface area is 122 Å². The summed E-state index contributed by atoms with van der Waals surface area (Å²) in [5, 5.41) is 3.78. The first-order valence-electron chi connectivity index (χ1n) is 6.11. The van der Waals surface area contributed by atoms with E-state index < -0.39 is 0 Å². The summed E-state index contributed by atoms with van der Waals surface area (Å²) >= 11 is 11.8. The predicted molar refractivity (Wildman–Crippen MR) is 77.1 cm³/mol. The fraction of sp³-hybridized carbons (Fsp3) is 0.462. The quantitative estimate of drug-likeness (QED) is 0.860. The van der Waals surface area contributed by atoms with E-state index in [1.807, 2.05) is 13.8 Å². The van der Waals surface area contributed by atoms with Gasteiger partial charge in [0, 0.05) is 28.8 Å². The predicted octanol–water partition coefficient (Wildman–Crippen LogP) is 3.63. The maximum Gasteiger partial charge on any atom is 0.322 e. The molecule has 2 rings (SSSR count). The van der Waals surface area contributed by atoms with Gasteiger partial charge in [0.1, 0.15) is 0 Å². The summed E-state index contributed by atoms with van der Waals surface area (Å²) in [6.45, 7) is 5.05. The highest BCUT2D eigenvalue weighted by Crippen LogP contribution is 2.23. The molecule has 0 unspecified atom stereocenters. The zero-order valence-corrected chi connectivity index (χ0v) is 12.3. The second kappa shape index (κ2) is 5.99. The standard InChI is InChI=1S/C13H16Cl2N2O2/c1-8-6-17(7-9(2)19-8)13(18)16-12-4-10(14)3-11(15)5-12/h3-5,8-9H,6-7H2,1-2H3,(H,16,18)/t8-,9-/m0/s1. The highest BCUT2D eigenvalue weighted by atomic mass is 35.5. The lowest BCUT2D eigenvalue weighted by molar-refractivity contribution is -0.0530. The van der Waals surface area contributed by atoms with E-state index in [0.717, 1.165) is 0 Å². The lowest BCUT2D eigenvalue weighted by Crippen LogP contribution is -2.49. The molecule has 1 aromatic rings. The van der Waals surface area contributed by atoms with Crippen molar-refractivity contribution in [3.63, 3.8) is 0 Å². The van der Waals surface area contributed by atoms with Crippen LogP contribution < -0.4 is 5.32 Å². The van der Waals surface area contributed by atoms with Crippen molar-refractivity contribution in [3.8, 4) is 0 Å². The van der Waals surface area contributed by atoms with Crippen molar-refractivity contribution in [2.24, 2.45) is 0 Å². The number of hydrogen-bond donors (Lipinski definition) is 1. The molecule has 1 saturated heterocycles. The highest BCUT2D eigenvalue weighted by Gasteiger charge is 2.25. The van der Waals surface area contributed by atoms with Gasteiger partial charge in [0.15, 0.2) is 0 Å². The van der Waals surface area contributed by atoms with Crippen molar-refractivity contribution in [2.75, 3.05) is 18.4 Å². The molecule has 0 spiro atoms. The van der Waals surface area contributed by atoms with Crippen molar-refractivity contribution >= 4 is 34.9 Å². The molecule has 2 amide bonds. The van der Waals surface area contributed by atoms with E-state index in [2.05, 4.69) is 5.32 Å². The number of halogens is 2. The Hall–Kier alpha value is -0.970. The second-order valence-corrected chi connectivity index (χ2v) is 5.62. The topological polar surface area (TPSA) is 41.6 Å². The van der Waals surface area contributed by atoms with Crippen LogP contribution in [0.15, 0.2) is 18.2 Å². The number of nitrogens with zero attached hydrogens (tertiary/aromatic N) is 1. The third-order valence-corrected chi connectivity index (χ3v) is 3.26. The van der Waals surface area contributed by atoms with E-state index >= 15 is 0 Å². The fourth-order valence-electron chi connectivity index (χ4n) is 2.17. The molecule has 1 fully saturated rings. The smallest absolute Gasteiger partial charge is 0.322 e. The third kappa shape index (κ3) is 4.00. The van der Waals surface area contributed by atoms with Crippen molar-refractivity contribution in [1.82, 2.24) is 4.90 Å². The number of morpholine rings is 1. The number of ether oxygens (including phenoxy) is 1. The van der Waals surface area contributed by atoms with Crippen LogP contribution in [-0.2, 0) is 4.74 Å². The number of carbonyl (C=O) groups is 1. The molecule has 1 aliphatic rings. The van der Waals surface area contributed by atoms with Gasteiger partial charge >= 0.3 is 6.03 Å². The number of rotatable bonds is 1. The molecule has 0 saturated carbocycles. The van der Waals surface area contributed by atoms with Crippen LogP contribution in [0.1, 0.15) is 13.8 Å². The normalized spacial score (nSPS) is 23.3. The van der Waals surface area contributed by atoms with Crippen molar-refractivity contribution in [2.45, 2.75) is 26.1 Å². The minimum absolute atomic E-state index is 0.0393. The molecule has 6 heteroatoms. The molecule has 1 aromatic carbocycles. The summed E-state index contributed by atoms with van der Waals surface area (Å²) in [6.07, 6.45) is 0.0786. The maximum absolute atomic E-state index is 12.2. The number of hydrogen-bond acceptors (Lipinski definition) is 2. The maximum atomic E-state index is 12.2. The minimum Gasteiger partial charge on any atom is -0.372 e. The van der Waals surface area contributed by atoms with Crippen LogP contribution in [0.4, 0.5) is 10.5 Å². The van der Waals surface area contributed by atoms with Gasteiger partial charge in [0.2, 0.25) is 0 Å². The number of urea groups is 1. The van der Waals surface area contributed by atoms with Crippen LogP contribution in [0.25, 0.3) is 0 Å². The van der Waals surface area contributed by atoms with E-state index in [1.54, 1.807) is 23.1 Å². The Morgan fingerprint density at radius 1 is 1.21 bits per heavy atom. The van der Waals surface area contributed by atoms with Crippen molar-refractivity contribution < 1.29 is 9.53 Å². The molecule has 1 aliphatic heterocycles. The van der Waals surface area contributed by atoms with Gasteiger partial charge in [-0.2, -0.15) is 0 Å². The summed E-state index contributed by atoms with van der Waals surface area (Å²) in [4.78, 5) is 13.9. The Balaban J connectivity index is 2.04. The van der Waals surface area contributed by atoms with Crippen LogP contribution in [-0.4, -0.2) is 36.2 Å². The molecule has 0 radical (unpaired) electrons. The van der Waals surface area contributed by atoms with E-state index in [1.165, 1.54) is 0 Å². The van der Waals surface area contributed by atoms with Gasteiger partial charge in [0.05, 0.1) is 12.2 Å². The Morgan fingerprint density at radius 3 is 2.26 bits per heavy atom. The van der Waals surface area contributed by atoms with Gasteiger partial charge in [-0.1, -0.05) is 23.2 Å². The fourth-order valence-corrected chi connectivity index (χ4v) is 2.70. The lowest BCUT2D eigenvalue weighted by atomic mass is 10.2. The monoisotopic (exact) mass is 302 g/mol. The van der Waals surface area contributed by atoms with Crippen molar-refractivity contribution in [1.29, 1.82) is 0 Å². The first-order chi connectivity index (χ1) is 8.94. The molecule has 0 bridgehead atoms. The van der Waals surface area contributed by atoms with E-state index in [4.69, 9.17) is 27.9 Å². The molecule has 1 N–H and O–H groups in total. The molecule has 1 heterocycles. The van der Waals surface area contributed by atoms with Gasteiger partial charge < -0.3 is 15.0 Å². The van der Waals surface area contributed by atoms with Crippen LogP contribution in [0.2, 0.25) is 10.0 Å². The van der Waals surface area contributed by atoms with Crippen LogP contribution in [0, 0.1) is 0 Å². The first-order valence-corrected chi connectivity index (χ1v) is 6.87. The molecule has 0 aliphatic carbocycles.